The van der Waals surface area contributed by atoms with Crippen LogP contribution in [0.1, 0.15) is 41.6 Å². The van der Waals surface area contributed by atoms with E-state index in [4.69, 9.17) is 0 Å². The minimum absolute atomic E-state index is 0.0345. The highest BCUT2D eigenvalue weighted by Crippen LogP contribution is 2.32. The summed E-state index contributed by atoms with van der Waals surface area (Å²) in [6.45, 7) is 1.38. The van der Waals surface area contributed by atoms with Crippen LogP contribution in [0.2, 0.25) is 0 Å². The van der Waals surface area contributed by atoms with Crippen LogP contribution in [-0.4, -0.2) is 39.7 Å². The Morgan fingerprint density at radius 2 is 1.87 bits per heavy atom. The van der Waals surface area contributed by atoms with Crippen LogP contribution in [-0.2, 0) is 11.8 Å². The second kappa shape index (κ2) is 8.51. The molecule has 2 aromatic rings. The smallest absolute Gasteiger partial charge is 0.393 e. The topological polar surface area (TPSA) is 74.6 Å². The number of anilines is 1. The molecule has 0 radical (unpaired) electrons. The molecule has 1 aromatic carbocycles. The monoisotopic (exact) mass is 423 g/mol. The fourth-order valence-corrected chi connectivity index (χ4v) is 3.53. The highest BCUT2D eigenvalue weighted by Gasteiger charge is 2.50. The number of amides is 2. The third-order valence-electron chi connectivity index (χ3n) is 5.27. The van der Waals surface area contributed by atoms with Gasteiger partial charge >= 0.3 is 12.0 Å². The Balaban J connectivity index is 1.93. The van der Waals surface area contributed by atoms with Crippen LogP contribution in [0.25, 0.3) is 0 Å². The number of carbonyl (C=O) groups excluding carboxylic acids is 2. The normalized spacial score (nSPS) is 19.4. The second-order valence-corrected chi connectivity index (χ2v) is 7.66. The Morgan fingerprint density at radius 3 is 2.43 bits per heavy atom. The second-order valence-electron chi connectivity index (χ2n) is 7.66. The molecule has 3 rings (SSSR count). The van der Waals surface area contributed by atoms with Crippen molar-refractivity contribution < 1.29 is 27.9 Å². The number of rotatable bonds is 5. The first-order valence-corrected chi connectivity index (χ1v) is 9.69. The van der Waals surface area contributed by atoms with Crippen LogP contribution >= 0.6 is 0 Å². The highest BCUT2D eigenvalue weighted by atomic mass is 19.3. The first-order valence-electron chi connectivity index (χ1n) is 9.69. The summed E-state index contributed by atoms with van der Waals surface area (Å²) in [6.07, 6.45) is 3.92. The Hall–Kier alpha value is -2.81. The van der Waals surface area contributed by atoms with Gasteiger partial charge in [-0.05, 0) is 62.4 Å². The lowest BCUT2D eigenvalue weighted by Crippen LogP contribution is -2.57. The van der Waals surface area contributed by atoms with E-state index >= 15 is 8.78 Å². The standard InChI is InChI=1S/C21H24F3N3O3/c1-13-11-16(5-8-18(13)22)27(19(29)14-9-10-26(2)12-14)21(23,24)20(30)25-15-3-6-17(28)7-4-15/h5,8-12,15,17,28H,3-4,6-7H2,1-2H3,(H,25,30). The number of aliphatic hydroxyl groups is 1. The van der Waals surface area contributed by atoms with Crippen molar-refractivity contribution >= 4 is 17.5 Å². The summed E-state index contributed by atoms with van der Waals surface area (Å²) in [5.74, 6) is -3.31. The van der Waals surface area contributed by atoms with Crippen molar-refractivity contribution in [1.82, 2.24) is 9.88 Å². The predicted octanol–water partition coefficient (Wildman–Crippen LogP) is 3.13. The summed E-state index contributed by atoms with van der Waals surface area (Å²) in [7, 11) is 1.63. The molecule has 0 bridgehead atoms. The highest BCUT2D eigenvalue weighted by molar-refractivity contribution is 6.10. The van der Waals surface area contributed by atoms with Crippen LogP contribution < -0.4 is 10.2 Å². The molecular weight excluding hydrogens is 399 g/mol. The quantitative estimate of drug-likeness (QED) is 0.726. The molecule has 0 aliphatic heterocycles. The number of halogens is 3. The maximum atomic E-state index is 15.3. The third kappa shape index (κ3) is 4.51. The van der Waals surface area contributed by atoms with E-state index in [0.29, 0.717) is 25.7 Å². The van der Waals surface area contributed by atoms with Gasteiger partial charge < -0.3 is 15.0 Å². The average Bonchev–Trinajstić information content (AvgIpc) is 3.12. The van der Waals surface area contributed by atoms with Gasteiger partial charge in [0.1, 0.15) is 5.82 Å². The van der Waals surface area contributed by atoms with Gasteiger partial charge in [-0.3, -0.25) is 9.59 Å². The van der Waals surface area contributed by atoms with E-state index in [0.717, 1.165) is 18.2 Å². The molecule has 0 spiro atoms. The number of carbonyl (C=O) groups is 2. The van der Waals surface area contributed by atoms with Crippen LogP contribution in [0.3, 0.4) is 0 Å². The molecule has 30 heavy (non-hydrogen) atoms. The van der Waals surface area contributed by atoms with E-state index in [2.05, 4.69) is 5.32 Å². The molecule has 1 aliphatic rings. The number of nitrogens with zero attached hydrogens (tertiary/aromatic N) is 2. The number of hydrogen-bond acceptors (Lipinski definition) is 3. The lowest BCUT2D eigenvalue weighted by atomic mass is 9.93. The molecule has 2 N–H and O–H groups in total. The molecule has 2 amide bonds. The largest absolute Gasteiger partial charge is 0.411 e. The van der Waals surface area contributed by atoms with Crippen molar-refractivity contribution in [3.8, 4) is 0 Å². The van der Waals surface area contributed by atoms with Gasteiger partial charge in [0.15, 0.2) is 0 Å². The maximum absolute atomic E-state index is 15.3. The van der Waals surface area contributed by atoms with Gasteiger partial charge in [-0.25, -0.2) is 9.29 Å². The number of aryl methyl sites for hydroxylation is 2. The van der Waals surface area contributed by atoms with Gasteiger partial charge in [-0.1, -0.05) is 0 Å². The summed E-state index contributed by atoms with van der Waals surface area (Å²) in [5.41, 5.74) is -0.259. The van der Waals surface area contributed by atoms with Gasteiger partial charge in [0.05, 0.1) is 17.4 Å². The van der Waals surface area contributed by atoms with Gasteiger partial charge in [-0.15, -0.1) is 0 Å². The van der Waals surface area contributed by atoms with Gasteiger partial charge in [0, 0.05) is 25.5 Å². The summed E-state index contributed by atoms with van der Waals surface area (Å²) >= 11 is 0. The minimum Gasteiger partial charge on any atom is -0.393 e. The molecule has 0 saturated heterocycles. The Kier molecular flexibility index (Phi) is 6.21. The summed E-state index contributed by atoms with van der Waals surface area (Å²) in [5, 5.41) is 11.9. The van der Waals surface area contributed by atoms with Gasteiger partial charge in [0.2, 0.25) is 0 Å². The van der Waals surface area contributed by atoms with Crippen molar-refractivity contribution in [2.24, 2.45) is 7.05 Å². The Bertz CT molecular complexity index is 937. The maximum Gasteiger partial charge on any atom is 0.411 e. The van der Waals surface area contributed by atoms with Gasteiger partial charge in [0.25, 0.3) is 5.91 Å². The Labute approximate surface area is 172 Å². The van der Waals surface area contributed by atoms with Crippen molar-refractivity contribution in [1.29, 1.82) is 0 Å². The van der Waals surface area contributed by atoms with Gasteiger partial charge in [-0.2, -0.15) is 8.78 Å². The van der Waals surface area contributed by atoms with Crippen molar-refractivity contribution in [3.63, 3.8) is 0 Å². The molecule has 1 fully saturated rings. The molecule has 6 nitrogen and oxygen atoms in total. The van der Waals surface area contributed by atoms with E-state index in [1.165, 1.54) is 30.0 Å². The number of aromatic nitrogens is 1. The first-order chi connectivity index (χ1) is 14.1. The average molecular weight is 423 g/mol. The number of alkyl halides is 2. The molecule has 1 saturated carbocycles. The van der Waals surface area contributed by atoms with Crippen LogP contribution in [0, 0.1) is 12.7 Å². The number of nitrogens with one attached hydrogen (secondary N) is 1. The zero-order chi connectivity index (χ0) is 22.1. The molecule has 162 valence electrons. The zero-order valence-electron chi connectivity index (χ0n) is 16.7. The van der Waals surface area contributed by atoms with E-state index in [1.54, 1.807) is 7.05 Å². The molecule has 1 aliphatic carbocycles. The lowest BCUT2D eigenvalue weighted by Gasteiger charge is -2.33. The van der Waals surface area contributed by atoms with Crippen LogP contribution in [0.15, 0.2) is 36.7 Å². The summed E-state index contributed by atoms with van der Waals surface area (Å²) in [6, 6.07) is -0.243. The summed E-state index contributed by atoms with van der Waals surface area (Å²) < 4.78 is 45.8. The van der Waals surface area contributed by atoms with E-state index < -0.39 is 35.8 Å². The van der Waals surface area contributed by atoms with Crippen molar-refractivity contribution in [2.75, 3.05) is 4.90 Å². The fraction of sp³-hybridized carbons (Fsp3) is 0.429. The molecule has 0 unspecified atom stereocenters. The van der Waals surface area contributed by atoms with E-state index in [-0.39, 0.29) is 21.7 Å². The first kappa shape index (κ1) is 21.9. The van der Waals surface area contributed by atoms with E-state index in [1.807, 2.05) is 0 Å². The minimum atomic E-state index is -4.22. The van der Waals surface area contributed by atoms with Crippen LogP contribution in [0.5, 0.6) is 0 Å². The Morgan fingerprint density at radius 1 is 1.20 bits per heavy atom. The number of benzene rings is 1. The number of aliphatic hydroxyl groups excluding tert-OH is 1. The molecule has 9 heteroatoms. The molecule has 1 heterocycles. The summed E-state index contributed by atoms with van der Waals surface area (Å²) in [4.78, 5) is 25.6. The molecule has 0 atom stereocenters. The zero-order valence-corrected chi connectivity index (χ0v) is 16.7. The molecular formula is C21H24F3N3O3. The lowest BCUT2D eigenvalue weighted by molar-refractivity contribution is -0.145. The SMILES string of the molecule is Cc1cc(N(C(=O)c2ccn(C)c2)C(F)(F)C(=O)NC2CCC(O)CC2)ccc1F. The van der Waals surface area contributed by atoms with Crippen molar-refractivity contribution in [2.45, 2.75) is 50.8 Å². The fourth-order valence-electron chi connectivity index (χ4n) is 3.53. The van der Waals surface area contributed by atoms with Crippen LogP contribution in [0.4, 0.5) is 18.9 Å². The number of hydrogen-bond donors (Lipinski definition) is 2. The molecule has 1 aromatic heterocycles. The van der Waals surface area contributed by atoms with E-state index in [9.17, 15) is 19.1 Å². The van der Waals surface area contributed by atoms with Crippen molar-refractivity contribution in [3.05, 3.63) is 53.6 Å². The third-order valence-corrected chi connectivity index (χ3v) is 5.27. The predicted molar refractivity (Wildman–Crippen MR) is 105 cm³/mol.